The van der Waals surface area contributed by atoms with Gasteiger partial charge in [-0.15, -0.1) is 0 Å². The number of amides is 1. The van der Waals surface area contributed by atoms with Gasteiger partial charge in [0.25, 0.3) is 5.91 Å². The number of nitrogens with zero attached hydrogens (tertiary/aromatic N) is 1. The molecule has 0 radical (unpaired) electrons. The number of rotatable bonds is 10. The zero-order chi connectivity index (χ0) is 23.0. The molecule has 176 valence electrons. The highest BCUT2D eigenvalue weighted by Gasteiger charge is 2.31. The summed E-state index contributed by atoms with van der Waals surface area (Å²) in [6.07, 6.45) is -0.770. The molecule has 31 heavy (non-hydrogen) atoms. The second kappa shape index (κ2) is 11.7. The number of aliphatic hydroxyl groups excluding tert-OH is 2. The maximum atomic E-state index is 12.7. The Kier molecular flexibility index (Phi) is 9.54. The van der Waals surface area contributed by atoms with Crippen LogP contribution in [0.25, 0.3) is 0 Å². The lowest BCUT2D eigenvalue weighted by molar-refractivity contribution is -0.137. The normalized spacial score (nSPS) is 18.5. The van der Waals surface area contributed by atoms with E-state index in [9.17, 15) is 28.2 Å². The van der Waals surface area contributed by atoms with E-state index in [4.69, 9.17) is 10.5 Å². The van der Waals surface area contributed by atoms with Crippen molar-refractivity contribution in [3.63, 3.8) is 0 Å². The molecule has 0 spiro atoms. The molecule has 1 amide bonds. The van der Waals surface area contributed by atoms with Crippen LogP contribution >= 0.6 is 0 Å². The largest absolute Gasteiger partial charge is 0.491 e. The van der Waals surface area contributed by atoms with Crippen molar-refractivity contribution in [2.24, 2.45) is 11.7 Å². The number of hydrogen-bond acceptors (Lipinski definition) is 6. The Balaban J connectivity index is 1.74. The Labute approximate surface area is 180 Å². The number of benzene rings is 1. The van der Waals surface area contributed by atoms with E-state index in [0.717, 1.165) is 37.8 Å². The number of carbonyl (C=O) groups excluding carboxylic acids is 1. The number of carbonyl (C=O) groups is 1. The summed E-state index contributed by atoms with van der Waals surface area (Å²) >= 11 is 0. The fourth-order valence-corrected chi connectivity index (χ4v) is 3.75. The lowest BCUT2D eigenvalue weighted by Gasteiger charge is -2.28. The van der Waals surface area contributed by atoms with Crippen molar-refractivity contribution in [3.8, 4) is 5.75 Å². The van der Waals surface area contributed by atoms with Crippen LogP contribution in [0.5, 0.6) is 5.75 Å². The number of ether oxygens (including phenoxy) is 1. The molecule has 0 bridgehead atoms. The molecule has 5 N–H and O–H groups in total. The zero-order valence-corrected chi connectivity index (χ0v) is 17.6. The first kappa shape index (κ1) is 25.4. The smallest absolute Gasteiger partial charge is 0.416 e. The number of likely N-dealkylation sites (N-methyl/N-ethyl adjacent to an activating group) is 1. The maximum absolute atomic E-state index is 12.7. The van der Waals surface area contributed by atoms with E-state index >= 15 is 0 Å². The van der Waals surface area contributed by atoms with Crippen molar-refractivity contribution in [1.29, 1.82) is 0 Å². The Bertz CT molecular complexity index is 699. The van der Waals surface area contributed by atoms with Gasteiger partial charge in [-0.05, 0) is 30.5 Å². The molecule has 1 saturated carbocycles. The Morgan fingerprint density at radius 1 is 1.29 bits per heavy atom. The molecular formula is C21H32F3N3O4. The summed E-state index contributed by atoms with van der Waals surface area (Å²) < 4.78 is 43.4. The number of halogens is 3. The van der Waals surface area contributed by atoms with E-state index in [0.29, 0.717) is 12.3 Å². The highest BCUT2D eigenvalue weighted by molar-refractivity contribution is 5.80. The van der Waals surface area contributed by atoms with Crippen LogP contribution in [0.15, 0.2) is 24.3 Å². The van der Waals surface area contributed by atoms with Crippen LogP contribution in [-0.4, -0.2) is 59.6 Å². The summed E-state index contributed by atoms with van der Waals surface area (Å²) in [5.74, 6) is -0.278. The summed E-state index contributed by atoms with van der Waals surface area (Å²) in [5, 5.41) is 21.5. The van der Waals surface area contributed by atoms with Crippen LogP contribution in [0.4, 0.5) is 13.2 Å². The van der Waals surface area contributed by atoms with Gasteiger partial charge in [0.2, 0.25) is 0 Å². The number of aliphatic hydroxyl groups is 2. The quantitative estimate of drug-likeness (QED) is 0.409. The van der Waals surface area contributed by atoms with Crippen molar-refractivity contribution in [2.45, 2.75) is 63.0 Å². The molecule has 1 aliphatic rings. The van der Waals surface area contributed by atoms with Crippen molar-refractivity contribution < 1.29 is 32.9 Å². The number of hydrazine groups is 1. The highest BCUT2D eigenvalue weighted by atomic mass is 19.4. The van der Waals surface area contributed by atoms with E-state index in [1.54, 1.807) is 0 Å². The fraction of sp³-hybridized carbons (Fsp3) is 0.667. The number of alkyl halides is 3. The topological polar surface area (TPSA) is 108 Å². The SMILES string of the molecule is CN(CC(O)COc1cccc(C(F)(F)F)c1)NC(=O)C(O)[C@H](N)CC1CCCCC1. The van der Waals surface area contributed by atoms with E-state index in [1.807, 2.05) is 0 Å². The Morgan fingerprint density at radius 3 is 2.61 bits per heavy atom. The second-order valence-corrected chi connectivity index (χ2v) is 8.20. The highest BCUT2D eigenvalue weighted by Crippen LogP contribution is 2.31. The van der Waals surface area contributed by atoms with E-state index in [2.05, 4.69) is 5.43 Å². The molecular weight excluding hydrogens is 415 g/mol. The number of nitrogens with one attached hydrogen (secondary N) is 1. The number of hydrogen-bond donors (Lipinski definition) is 4. The van der Waals surface area contributed by atoms with Crippen LogP contribution in [0.3, 0.4) is 0 Å². The standard InChI is InChI=1S/C21H32F3N3O4/c1-27(26-20(30)19(29)18(25)10-14-6-3-2-4-7-14)12-16(28)13-31-17-9-5-8-15(11-17)21(22,23)24/h5,8-9,11,14,16,18-19,28-29H,2-4,6-7,10,12-13,25H2,1H3,(H,26,30)/t16?,18-,19?/m1/s1. The van der Waals surface area contributed by atoms with Crippen molar-refractivity contribution in [1.82, 2.24) is 10.4 Å². The molecule has 10 heteroatoms. The van der Waals surface area contributed by atoms with Crippen LogP contribution in [0.2, 0.25) is 0 Å². The van der Waals surface area contributed by atoms with E-state index in [1.165, 1.54) is 30.6 Å². The van der Waals surface area contributed by atoms with Gasteiger partial charge < -0.3 is 20.7 Å². The predicted molar refractivity (Wildman–Crippen MR) is 109 cm³/mol. The average Bonchev–Trinajstić information content (AvgIpc) is 2.71. The molecule has 1 aromatic carbocycles. The van der Waals surface area contributed by atoms with E-state index < -0.39 is 35.9 Å². The van der Waals surface area contributed by atoms with Gasteiger partial charge in [0.15, 0.2) is 0 Å². The van der Waals surface area contributed by atoms with Crippen molar-refractivity contribution in [3.05, 3.63) is 29.8 Å². The summed E-state index contributed by atoms with van der Waals surface area (Å²) in [6, 6.07) is 3.68. The van der Waals surface area contributed by atoms with Gasteiger partial charge in [-0.1, -0.05) is 38.2 Å². The second-order valence-electron chi connectivity index (χ2n) is 8.20. The predicted octanol–water partition coefficient (Wildman–Crippen LogP) is 2.07. The van der Waals surface area contributed by atoms with Crippen molar-refractivity contribution >= 4 is 5.91 Å². The first-order valence-corrected chi connectivity index (χ1v) is 10.5. The molecule has 0 aliphatic heterocycles. The lowest BCUT2D eigenvalue weighted by Crippen LogP contribution is -2.53. The van der Waals surface area contributed by atoms with Gasteiger partial charge in [-0.25, -0.2) is 5.01 Å². The third kappa shape index (κ3) is 8.64. The first-order valence-electron chi connectivity index (χ1n) is 10.5. The molecule has 2 unspecified atom stereocenters. The Morgan fingerprint density at radius 2 is 1.97 bits per heavy atom. The van der Waals surface area contributed by atoms with Gasteiger partial charge in [-0.3, -0.25) is 10.2 Å². The minimum atomic E-state index is -4.48. The van der Waals surface area contributed by atoms with Gasteiger partial charge in [0.05, 0.1) is 5.56 Å². The molecule has 1 aliphatic carbocycles. The molecule has 0 aromatic heterocycles. The third-order valence-corrected chi connectivity index (χ3v) is 5.39. The van der Waals surface area contributed by atoms with Gasteiger partial charge >= 0.3 is 6.18 Å². The lowest BCUT2D eigenvalue weighted by atomic mass is 9.84. The fourth-order valence-electron chi connectivity index (χ4n) is 3.75. The molecule has 0 saturated heterocycles. The average molecular weight is 447 g/mol. The van der Waals surface area contributed by atoms with Gasteiger partial charge in [0, 0.05) is 19.6 Å². The molecule has 1 aromatic rings. The van der Waals surface area contributed by atoms with Crippen LogP contribution in [0, 0.1) is 5.92 Å². The third-order valence-electron chi connectivity index (χ3n) is 5.39. The summed E-state index contributed by atoms with van der Waals surface area (Å²) in [4.78, 5) is 12.2. The minimum Gasteiger partial charge on any atom is -0.491 e. The van der Waals surface area contributed by atoms with Gasteiger partial charge in [-0.2, -0.15) is 13.2 Å². The van der Waals surface area contributed by atoms with Crippen LogP contribution < -0.4 is 15.9 Å². The summed E-state index contributed by atoms with van der Waals surface area (Å²) in [6.45, 7) is -0.333. The summed E-state index contributed by atoms with van der Waals surface area (Å²) in [5.41, 5.74) is 7.61. The monoisotopic (exact) mass is 447 g/mol. The molecule has 7 nitrogen and oxygen atoms in total. The Hall–Kier alpha value is -1.88. The summed E-state index contributed by atoms with van der Waals surface area (Å²) in [7, 11) is 1.49. The van der Waals surface area contributed by atoms with Crippen LogP contribution in [-0.2, 0) is 11.0 Å². The molecule has 2 rings (SSSR count). The van der Waals surface area contributed by atoms with Gasteiger partial charge in [0.1, 0.15) is 24.6 Å². The maximum Gasteiger partial charge on any atom is 0.416 e. The first-order chi connectivity index (χ1) is 14.6. The molecule has 0 heterocycles. The van der Waals surface area contributed by atoms with E-state index in [-0.39, 0.29) is 18.9 Å². The zero-order valence-electron chi connectivity index (χ0n) is 17.6. The molecule has 3 atom stereocenters. The minimum absolute atomic E-state index is 0.0235. The number of nitrogens with two attached hydrogens (primary N) is 1. The van der Waals surface area contributed by atoms with Crippen molar-refractivity contribution in [2.75, 3.05) is 20.2 Å². The van der Waals surface area contributed by atoms with Crippen LogP contribution in [0.1, 0.15) is 44.1 Å². The molecule has 1 fully saturated rings.